The lowest BCUT2D eigenvalue weighted by Gasteiger charge is -2.13. The molecule has 2 N–H and O–H groups in total. The van der Waals surface area contributed by atoms with E-state index in [4.69, 9.17) is 15.2 Å². The Kier molecular flexibility index (Phi) is 15.2. The molecule has 0 aliphatic rings. The van der Waals surface area contributed by atoms with Crippen molar-refractivity contribution in [1.29, 1.82) is 0 Å². The van der Waals surface area contributed by atoms with Gasteiger partial charge in [0.1, 0.15) is 11.5 Å². The fraction of sp³-hybridized carbons (Fsp3) is 0.211. The molecule has 56 heavy (non-hydrogen) atoms. The first-order valence-electron chi connectivity index (χ1n) is 15.8. The van der Waals surface area contributed by atoms with Crippen LogP contribution in [0, 0.1) is 35.6 Å². The molecule has 2 aromatic carbocycles. The molecule has 294 valence electrons. The summed E-state index contributed by atoms with van der Waals surface area (Å²) in [6.45, 7) is 3.33. The van der Waals surface area contributed by atoms with E-state index in [2.05, 4.69) is 52.0 Å². The third kappa shape index (κ3) is 10.7. The summed E-state index contributed by atoms with van der Waals surface area (Å²) >= 11 is 6.50. The third-order valence-corrected chi connectivity index (χ3v) is 8.56. The van der Waals surface area contributed by atoms with E-state index < -0.39 is 28.0 Å². The maximum Gasteiger partial charge on any atom is 0.314 e. The van der Waals surface area contributed by atoms with Gasteiger partial charge in [-0.25, -0.2) is 18.1 Å². The van der Waals surface area contributed by atoms with E-state index in [1.165, 1.54) is 53.2 Å². The third-order valence-electron chi connectivity index (χ3n) is 7.69. The molecule has 6 aromatic rings. The second-order valence-corrected chi connectivity index (χ2v) is 13.7. The van der Waals surface area contributed by atoms with Gasteiger partial charge in [-0.2, -0.15) is 10.2 Å². The van der Waals surface area contributed by atoms with Gasteiger partial charge in [0.15, 0.2) is 17.4 Å². The van der Waals surface area contributed by atoms with Crippen LogP contribution >= 0.6 is 31.9 Å². The monoisotopic (exact) mass is 898 g/mol. The normalized spacial score (nSPS) is 10.4. The molecular weight excluding hydrogens is 862 g/mol. The van der Waals surface area contributed by atoms with Crippen molar-refractivity contribution in [2.45, 2.75) is 41.5 Å². The zero-order valence-electron chi connectivity index (χ0n) is 29.0. The second-order valence-electron chi connectivity index (χ2n) is 11.8. The SMILES string of the molecule is C.C.Cc1cc(Cc2ccc(N)c(Oc3cncc(Br)c3)c2F)nn(C)c1=O.Cc1cc(Cc2ccc([N+](=O)[O-])c(Oc3cncc(Br)c3)c2F)nn(C)c1=O. The Labute approximate surface area is 337 Å². The lowest BCUT2D eigenvalue weighted by Crippen LogP contribution is -2.23. The first kappa shape index (κ1) is 44.5. The lowest BCUT2D eigenvalue weighted by atomic mass is 10.1. The van der Waals surface area contributed by atoms with Crippen LogP contribution in [-0.4, -0.2) is 34.5 Å². The number of ether oxygens (including phenoxy) is 2. The van der Waals surface area contributed by atoms with Crippen LogP contribution in [0.1, 0.15) is 48.5 Å². The number of nitro groups is 1. The number of halogens is 4. The number of nitro benzene ring substituents is 1. The van der Waals surface area contributed by atoms with Crippen molar-refractivity contribution in [3.8, 4) is 23.0 Å². The summed E-state index contributed by atoms with van der Waals surface area (Å²) in [5, 5.41) is 19.6. The Morgan fingerprint density at radius 2 is 1.16 bits per heavy atom. The molecule has 4 heterocycles. The van der Waals surface area contributed by atoms with Crippen LogP contribution in [0.4, 0.5) is 20.2 Å². The van der Waals surface area contributed by atoms with Crippen LogP contribution < -0.4 is 26.3 Å². The van der Waals surface area contributed by atoms with Gasteiger partial charge in [-0.3, -0.25) is 29.7 Å². The van der Waals surface area contributed by atoms with E-state index in [1.54, 1.807) is 57.4 Å². The van der Waals surface area contributed by atoms with E-state index in [-0.39, 0.29) is 61.6 Å². The summed E-state index contributed by atoms with van der Waals surface area (Å²) < 4.78 is 44.8. The Morgan fingerprint density at radius 3 is 1.59 bits per heavy atom. The number of hydrogen-bond acceptors (Lipinski definition) is 11. The molecule has 4 aromatic heterocycles. The molecule has 0 atom stereocenters. The number of nitrogen functional groups attached to an aromatic ring is 1. The fourth-order valence-electron chi connectivity index (χ4n) is 5.18. The average molecular weight is 901 g/mol. The standard InChI is InChI=1S/C18H14BrFN4O4.C18H16BrFN4O2.2CH4/c1-10-5-13(22-23(2)18(10)25)6-11-3-4-15(24(26)27)17(16(11)20)28-14-7-12(19)8-21-9-14;1-10-5-13(23-24(2)18(10)25)6-11-3-4-15(21)17(16(11)20)26-14-7-12(19)8-22-9-14;;/h3-5,7-9H,6H2,1-2H3;3-5,7-9H,6,21H2,1-2H3;2*1H4. The van der Waals surface area contributed by atoms with Gasteiger partial charge < -0.3 is 15.2 Å². The lowest BCUT2D eigenvalue weighted by molar-refractivity contribution is -0.385. The molecule has 0 bridgehead atoms. The smallest absolute Gasteiger partial charge is 0.314 e. The van der Waals surface area contributed by atoms with Crippen LogP contribution in [-0.2, 0) is 26.9 Å². The summed E-state index contributed by atoms with van der Waals surface area (Å²) in [5.74, 6) is -1.52. The molecule has 0 aliphatic heterocycles. The average Bonchev–Trinajstić information content (AvgIpc) is 3.11. The Balaban J connectivity index is 0.000000291. The number of hydrogen-bond donors (Lipinski definition) is 1. The van der Waals surface area contributed by atoms with Gasteiger partial charge in [0.2, 0.25) is 5.75 Å². The van der Waals surface area contributed by atoms with Crippen molar-refractivity contribution >= 4 is 43.2 Å². The van der Waals surface area contributed by atoms with Gasteiger partial charge in [-0.1, -0.05) is 20.9 Å². The second kappa shape index (κ2) is 19.1. The Morgan fingerprint density at radius 1 is 0.732 bits per heavy atom. The molecule has 0 amide bonds. The number of aryl methyl sites for hydroxylation is 4. The molecule has 6 rings (SSSR count). The van der Waals surface area contributed by atoms with Gasteiger partial charge in [-0.15, -0.1) is 0 Å². The highest BCUT2D eigenvalue weighted by molar-refractivity contribution is 9.10. The van der Waals surface area contributed by atoms with Gasteiger partial charge in [0.25, 0.3) is 11.1 Å². The summed E-state index contributed by atoms with van der Waals surface area (Å²) in [7, 11) is 3.06. The molecule has 14 nitrogen and oxygen atoms in total. The largest absolute Gasteiger partial charge is 0.450 e. The minimum atomic E-state index is -0.873. The highest BCUT2D eigenvalue weighted by atomic mass is 79.9. The summed E-state index contributed by atoms with van der Waals surface area (Å²) in [6.07, 6.45) is 6.12. The van der Waals surface area contributed by atoms with E-state index in [0.717, 1.165) is 0 Å². The highest BCUT2D eigenvalue weighted by Crippen LogP contribution is 2.37. The number of pyridine rings is 2. The molecule has 0 radical (unpaired) electrons. The minimum absolute atomic E-state index is 0. The molecule has 0 saturated heterocycles. The predicted molar refractivity (Wildman–Crippen MR) is 215 cm³/mol. The van der Waals surface area contributed by atoms with Gasteiger partial charge in [0, 0.05) is 65.5 Å². The predicted octanol–water partition coefficient (Wildman–Crippen LogP) is 8.30. The summed E-state index contributed by atoms with van der Waals surface area (Å²) in [6, 6.07) is 12.0. The molecule has 0 saturated carbocycles. The molecule has 0 spiro atoms. The molecular formula is C38H38Br2F2N8O6. The van der Waals surface area contributed by atoms with Crippen LogP contribution in [0.5, 0.6) is 23.0 Å². The van der Waals surface area contributed by atoms with Crippen LogP contribution in [0.3, 0.4) is 0 Å². The molecule has 18 heteroatoms. The molecule has 0 unspecified atom stereocenters. The van der Waals surface area contributed by atoms with Crippen LogP contribution in [0.25, 0.3) is 0 Å². The van der Waals surface area contributed by atoms with E-state index in [1.807, 2.05) is 0 Å². The minimum Gasteiger partial charge on any atom is -0.450 e. The van der Waals surface area contributed by atoms with Crippen molar-refractivity contribution in [3.63, 3.8) is 0 Å². The molecule has 0 fully saturated rings. The summed E-state index contributed by atoms with van der Waals surface area (Å²) in [4.78, 5) is 42.0. The number of nitrogens with two attached hydrogens (primary N) is 1. The van der Waals surface area contributed by atoms with Crippen molar-refractivity contribution in [1.82, 2.24) is 29.5 Å². The van der Waals surface area contributed by atoms with E-state index in [0.29, 0.717) is 42.8 Å². The Bertz CT molecular complexity index is 2460. The number of benzene rings is 2. The van der Waals surface area contributed by atoms with E-state index >= 15 is 4.39 Å². The summed E-state index contributed by atoms with van der Waals surface area (Å²) in [5.41, 5.74) is 7.65. The maximum atomic E-state index is 15.1. The number of anilines is 1. The fourth-order valence-corrected chi connectivity index (χ4v) is 5.87. The first-order chi connectivity index (χ1) is 25.6. The quantitative estimate of drug-likeness (QED) is 0.0837. The number of rotatable bonds is 9. The van der Waals surface area contributed by atoms with E-state index in [9.17, 15) is 24.1 Å². The maximum absolute atomic E-state index is 15.1. The number of aromatic nitrogens is 6. The zero-order chi connectivity index (χ0) is 39.3. The Hall–Kier alpha value is -5.88. The number of nitrogens with zero attached hydrogens (tertiary/aromatic N) is 7. The van der Waals surface area contributed by atoms with Crippen molar-refractivity contribution in [2.24, 2.45) is 14.1 Å². The van der Waals surface area contributed by atoms with Crippen molar-refractivity contribution in [2.75, 3.05) is 5.73 Å². The highest BCUT2D eigenvalue weighted by Gasteiger charge is 2.24. The van der Waals surface area contributed by atoms with Crippen molar-refractivity contribution in [3.05, 3.63) is 158 Å². The zero-order valence-corrected chi connectivity index (χ0v) is 32.2. The first-order valence-corrected chi connectivity index (χ1v) is 17.4. The van der Waals surface area contributed by atoms with Crippen LogP contribution in [0.2, 0.25) is 0 Å². The van der Waals surface area contributed by atoms with Gasteiger partial charge in [-0.05, 0) is 93.2 Å². The van der Waals surface area contributed by atoms with Crippen LogP contribution in [0.15, 0.2) is 91.9 Å². The van der Waals surface area contributed by atoms with Crippen molar-refractivity contribution < 1.29 is 23.2 Å². The van der Waals surface area contributed by atoms with Gasteiger partial charge in [0.05, 0.1) is 34.4 Å². The van der Waals surface area contributed by atoms with Gasteiger partial charge >= 0.3 is 5.69 Å². The molecule has 0 aliphatic carbocycles. The topological polar surface area (TPSA) is 183 Å².